The minimum atomic E-state index is -4.92. The molecule has 0 fully saturated rings. The topological polar surface area (TPSA) is 114 Å². The maximum absolute atomic E-state index is 13.5. The summed E-state index contributed by atoms with van der Waals surface area (Å²) in [6.07, 6.45) is -6.84. The molecule has 0 amide bonds. The highest BCUT2D eigenvalue weighted by Crippen LogP contribution is 2.41. The number of esters is 2. The van der Waals surface area contributed by atoms with E-state index in [1.54, 1.807) is 13.8 Å². The fraction of sp³-hybridized carbons (Fsp3) is 0.444. The van der Waals surface area contributed by atoms with E-state index in [1.807, 2.05) is 0 Å². The molecule has 1 aliphatic rings. The number of fused-ring (bicyclic) bond motifs is 1. The van der Waals surface area contributed by atoms with Gasteiger partial charge in [-0.2, -0.15) is 13.2 Å². The predicted molar refractivity (Wildman–Crippen MR) is 98.6 cm³/mol. The summed E-state index contributed by atoms with van der Waals surface area (Å²) in [5, 5.41) is 9.26. The van der Waals surface area contributed by atoms with Crippen LogP contribution in [0.3, 0.4) is 0 Å². The van der Waals surface area contributed by atoms with E-state index in [4.69, 9.17) is 16.3 Å². The van der Waals surface area contributed by atoms with Crippen molar-refractivity contribution in [2.24, 2.45) is 0 Å². The first-order valence-corrected chi connectivity index (χ1v) is 9.14. The summed E-state index contributed by atoms with van der Waals surface area (Å²) < 4.78 is 54.6. The molecular formula is C18H17ClF3NO8. The van der Waals surface area contributed by atoms with Crippen molar-refractivity contribution in [2.45, 2.75) is 39.0 Å². The van der Waals surface area contributed by atoms with E-state index in [2.05, 4.69) is 14.3 Å². The Morgan fingerprint density at radius 1 is 1.29 bits per heavy atom. The van der Waals surface area contributed by atoms with Crippen LogP contribution in [-0.4, -0.2) is 42.7 Å². The molecule has 2 rings (SSSR count). The average molecular weight is 468 g/mol. The van der Waals surface area contributed by atoms with Gasteiger partial charge >= 0.3 is 18.1 Å². The van der Waals surface area contributed by atoms with Crippen LogP contribution in [0.25, 0.3) is 6.08 Å². The van der Waals surface area contributed by atoms with Crippen LogP contribution in [-0.2, 0) is 23.9 Å². The van der Waals surface area contributed by atoms with Crippen LogP contribution in [0.15, 0.2) is 11.6 Å². The third kappa shape index (κ3) is 6.23. The first-order valence-electron chi connectivity index (χ1n) is 8.76. The van der Waals surface area contributed by atoms with Crippen LogP contribution in [0.4, 0.5) is 13.2 Å². The lowest BCUT2D eigenvalue weighted by atomic mass is 9.96. The van der Waals surface area contributed by atoms with Gasteiger partial charge in [0.15, 0.2) is 0 Å². The first-order chi connectivity index (χ1) is 14.4. The predicted octanol–water partition coefficient (Wildman–Crippen LogP) is 3.70. The molecule has 0 N–H and O–H groups in total. The minimum absolute atomic E-state index is 0.0425. The van der Waals surface area contributed by atoms with Gasteiger partial charge in [0, 0.05) is 17.0 Å². The number of aryl methyl sites for hydroxylation is 1. The van der Waals surface area contributed by atoms with Gasteiger partial charge in [0.1, 0.15) is 5.75 Å². The normalized spacial score (nSPS) is 15.3. The Morgan fingerprint density at radius 2 is 1.97 bits per heavy atom. The molecule has 0 spiro atoms. The summed E-state index contributed by atoms with van der Waals surface area (Å²) in [5.41, 5.74) is 0.295. The molecule has 0 aromatic heterocycles. The summed E-state index contributed by atoms with van der Waals surface area (Å²) in [6, 6.07) is 1.34. The molecule has 0 bridgehead atoms. The lowest BCUT2D eigenvalue weighted by molar-refractivity contribution is -0.757. The zero-order chi connectivity index (χ0) is 23.3. The molecule has 1 unspecified atom stereocenters. The van der Waals surface area contributed by atoms with Gasteiger partial charge < -0.3 is 19.0 Å². The summed E-state index contributed by atoms with van der Waals surface area (Å²) in [5.74, 6) is -2.36. The lowest BCUT2D eigenvalue weighted by Gasteiger charge is -2.29. The number of nitrogens with zero attached hydrogens (tertiary/aromatic N) is 1. The van der Waals surface area contributed by atoms with Crippen molar-refractivity contribution in [1.29, 1.82) is 0 Å². The summed E-state index contributed by atoms with van der Waals surface area (Å²) in [4.78, 5) is 37.7. The molecule has 1 aromatic carbocycles. The molecule has 1 aliphatic heterocycles. The van der Waals surface area contributed by atoms with Crippen LogP contribution < -0.4 is 4.74 Å². The van der Waals surface area contributed by atoms with Gasteiger partial charge in [-0.1, -0.05) is 11.6 Å². The molecular weight excluding hydrogens is 451 g/mol. The van der Waals surface area contributed by atoms with Crippen molar-refractivity contribution in [3.63, 3.8) is 0 Å². The van der Waals surface area contributed by atoms with E-state index in [1.165, 1.54) is 6.07 Å². The maximum Gasteiger partial charge on any atom is 0.430 e. The zero-order valence-electron chi connectivity index (χ0n) is 16.3. The van der Waals surface area contributed by atoms with Crippen molar-refractivity contribution in [3.8, 4) is 5.75 Å². The number of halogens is 4. The van der Waals surface area contributed by atoms with E-state index < -0.39 is 41.7 Å². The number of carbonyl (C=O) groups excluding carboxylic acids is 2. The van der Waals surface area contributed by atoms with E-state index >= 15 is 0 Å². The second-order valence-corrected chi connectivity index (χ2v) is 6.79. The highest BCUT2D eigenvalue weighted by Gasteiger charge is 2.49. The number of ether oxygens (including phenoxy) is 3. The molecule has 31 heavy (non-hydrogen) atoms. The number of carbonyl (C=O) groups is 2. The zero-order valence-corrected chi connectivity index (χ0v) is 17.0. The first kappa shape index (κ1) is 24.3. The van der Waals surface area contributed by atoms with E-state index in [0.717, 1.165) is 6.08 Å². The highest BCUT2D eigenvalue weighted by atomic mass is 35.5. The molecule has 1 atom stereocenters. The van der Waals surface area contributed by atoms with Gasteiger partial charge in [0.2, 0.25) is 12.9 Å². The van der Waals surface area contributed by atoms with Gasteiger partial charge in [-0.05, 0) is 43.5 Å². The molecule has 170 valence electrons. The number of hydrogen-bond donors (Lipinski definition) is 0. The van der Waals surface area contributed by atoms with Crippen LogP contribution in [0, 0.1) is 24.0 Å². The second-order valence-electron chi connectivity index (χ2n) is 6.41. The molecule has 0 radical (unpaired) electrons. The van der Waals surface area contributed by atoms with Crippen LogP contribution >= 0.6 is 11.6 Å². The van der Waals surface area contributed by atoms with Crippen molar-refractivity contribution >= 4 is 29.6 Å². The summed E-state index contributed by atoms with van der Waals surface area (Å²) in [6.45, 7) is 1.87. The Labute approximate surface area is 178 Å². The molecule has 0 aliphatic carbocycles. The minimum Gasteiger partial charge on any atom is -0.475 e. The number of hydrogen-bond acceptors (Lipinski definition) is 8. The fourth-order valence-corrected chi connectivity index (χ4v) is 2.86. The quantitative estimate of drug-likeness (QED) is 0.187. The molecule has 1 heterocycles. The van der Waals surface area contributed by atoms with Crippen molar-refractivity contribution in [1.82, 2.24) is 0 Å². The van der Waals surface area contributed by atoms with Gasteiger partial charge in [-0.25, -0.2) is 4.79 Å². The summed E-state index contributed by atoms with van der Waals surface area (Å²) >= 11 is 6.13. The van der Waals surface area contributed by atoms with Crippen LogP contribution in [0.5, 0.6) is 5.75 Å². The molecule has 13 heteroatoms. The molecule has 0 saturated carbocycles. The van der Waals surface area contributed by atoms with Crippen LogP contribution in [0.1, 0.15) is 29.5 Å². The molecule has 1 aromatic rings. The van der Waals surface area contributed by atoms with Crippen molar-refractivity contribution in [2.75, 3.05) is 13.4 Å². The van der Waals surface area contributed by atoms with Gasteiger partial charge in [-0.15, -0.1) is 10.1 Å². The molecule has 9 nitrogen and oxygen atoms in total. The van der Waals surface area contributed by atoms with E-state index in [9.17, 15) is 32.9 Å². The highest BCUT2D eigenvalue weighted by molar-refractivity contribution is 6.32. The Balaban J connectivity index is 2.07. The SMILES string of the molecule is Cc1cc2c(c(C)c1Cl)C=C(C(=O)OCOC(=O)CCCO[N+](=O)[O-])C(C(F)(F)F)O2. The summed E-state index contributed by atoms with van der Waals surface area (Å²) in [7, 11) is 0. The number of benzene rings is 1. The Kier molecular flexibility index (Phi) is 7.71. The second kappa shape index (κ2) is 9.86. The Morgan fingerprint density at radius 3 is 2.58 bits per heavy atom. The third-order valence-corrected chi connectivity index (χ3v) is 4.77. The Bertz CT molecular complexity index is 916. The number of rotatable bonds is 8. The van der Waals surface area contributed by atoms with E-state index in [0.29, 0.717) is 16.1 Å². The van der Waals surface area contributed by atoms with Gasteiger partial charge in [0.05, 0.1) is 12.2 Å². The standard InChI is InChI=1S/C18H17ClF3NO8/c1-9-6-13-11(10(2)15(9)19)7-12(16(31-13)18(20,21)22)17(25)29-8-28-14(24)4-3-5-30-23(26)27/h6-7,16H,3-5,8H2,1-2H3. The molecule has 0 saturated heterocycles. The van der Waals surface area contributed by atoms with Gasteiger partial charge in [0.25, 0.3) is 5.09 Å². The van der Waals surface area contributed by atoms with Crippen molar-refractivity contribution < 1.29 is 46.9 Å². The van der Waals surface area contributed by atoms with Crippen LogP contribution in [0.2, 0.25) is 5.02 Å². The smallest absolute Gasteiger partial charge is 0.430 e. The Hall–Kier alpha value is -3.02. The maximum atomic E-state index is 13.5. The average Bonchev–Trinajstić information content (AvgIpc) is 2.68. The monoisotopic (exact) mass is 467 g/mol. The van der Waals surface area contributed by atoms with Crippen molar-refractivity contribution in [3.05, 3.63) is 43.5 Å². The van der Waals surface area contributed by atoms with Gasteiger partial charge in [-0.3, -0.25) is 4.79 Å². The third-order valence-electron chi connectivity index (χ3n) is 4.18. The number of alkyl halides is 3. The van der Waals surface area contributed by atoms with E-state index in [-0.39, 0.29) is 30.8 Å². The lowest BCUT2D eigenvalue weighted by Crippen LogP contribution is -2.41. The largest absolute Gasteiger partial charge is 0.475 e. The fourth-order valence-electron chi connectivity index (χ4n) is 2.70.